The fraction of sp³-hybridized carbons (Fsp3) is 0.333. The fourth-order valence-electron chi connectivity index (χ4n) is 5.28. The van der Waals surface area contributed by atoms with E-state index in [0.29, 0.717) is 47.5 Å². The van der Waals surface area contributed by atoms with Crippen LogP contribution < -0.4 is 15.8 Å². The van der Waals surface area contributed by atoms with Crippen LogP contribution in [0.1, 0.15) is 47.2 Å². The molecule has 3 N–H and O–H groups in total. The van der Waals surface area contributed by atoms with E-state index in [1.165, 1.54) is 18.9 Å². The van der Waals surface area contributed by atoms with Crippen molar-refractivity contribution in [2.24, 2.45) is 10.9 Å². The number of fused-ring (bicyclic) bond motifs is 2. The number of nitrogen functional groups attached to an aromatic ring is 1. The zero-order valence-corrected chi connectivity index (χ0v) is 19.3. The molecule has 7 nitrogen and oxygen atoms in total. The summed E-state index contributed by atoms with van der Waals surface area (Å²) in [6, 6.07) is 10.9. The zero-order valence-electron chi connectivity index (χ0n) is 19.3. The van der Waals surface area contributed by atoms with Crippen molar-refractivity contribution in [2.45, 2.75) is 44.6 Å². The number of hydrogen-bond acceptors (Lipinski definition) is 6. The molecule has 1 aromatic heterocycles. The predicted octanol–water partition coefficient (Wildman–Crippen LogP) is 4.42. The Balaban J connectivity index is 1.22. The van der Waals surface area contributed by atoms with Crippen molar-refractivity contribution >= 4 is 23.3 Å². The molecule has 6 rings (SSSR count). The highest BCUT2D eigenvalue weighted by Crippen LogP contribution is 2.37. The van der Waals surface area contributed by atoms with Crippen LogP contribution in [0.3, 0.4) is 0 Å². The van der Waals surface area contributed by atoms with Gasteiger partial charge in [-0.1, -0.05) is 12.8 Å². The topological polar surface area (TPSA) is 102 Å². The van der Waals surface area contributed by atoms with E-state index in [-0.39, 0.29) is 29.6 Å². The average molecular weight is 472 g/mol. The van der Waals surface area contributed by atoms with Crippen LogP contribution in [-0.4, -0.2) is 34.2 Å². The lowest BCUT2D eigenvalue weighted by Gasteiger charge is -2.26. The molecule has 35 heavy (non-hydrogen) atoms. The Kier molecular flexibility index (Phi) is 5.43. The number of halogens is 1. The minimum Gasteiger partial charge on any atom is -0.493 e. The number of ether oxygens (including phenoxy) is 1. The largest absolute Gasteiger partial charge is 0.493 e. The third-order valence-electron chi connectivity index (χ3n) is 7.15. The molecule has 1 unspecified atom stereocenters. The number of hydrogen-bond donors (Lipinski definition) is 2. The van der Waals surface area contributed by atoms with Gasteiger partial charge in [-0.25, -0.2) is 14.4 Å². The minimum atomic E-state index is -0.309. The second-order valence-corrected chi connectivity index (χ2v) is 9.53. The summed E-state index contributed by atoms with van der Waals surface area (Å²) in [6.45, 7) is 0.477. The highest BCUT2D eigenvalue weighted by Gasteiger charge is 2.30. The van der Waals surface area contributed by atoms with Gasteiger partial charge in [0.05, 0.1) is 18.0 Å². The summed E-state index contributed by atoms with van der Waals surface area (Å²) in [6.07, 6.45) is 7.13. The van der Waals surface area contributed by atoms with Crippen LogP contribution >= 0.6 is 0 Å². The van der Waals surface area contributed by atoms with Crippen molar-refractivity contribution in [3.05, 3.63) is 65.1 Å². The van der Waals surface area contributed by atoms with Crippen LogP contribution in [0.2, 0.25) is 0 Å². The summed E-state index contributed by atoms with van der Waals surface area (Å²) < 4.78 is 21.0. The Hall–Kier alpha value is -3.81. The number of aliphatic imine (C=N–C) groups is 1. The van der Waals surface area contributed by atoms with E-state index < -0.39 is 0 Å². The number of carbonyl (C=O) groups is 1. The Morgan fingerprint density at radius 3 is 2.83 bits per heavy atom. The summed E-state index contributed by atoms with van der Waals surface area (Å²) in [4.78, 5) is 25.6. The monoisotopic (exact) mass is 471 g/mol. The molecule has 0 spiro atoms. The lowest BCUT2D eigenvalue weighted by Crippen LogP contribution is -2.33. The molecule has 1 fully saturated rings. The summed E-state index contributed by atoms with van der Waals surface area (Å²) in [7, 11) is 0. The number of aromatic nitrogens is 2. The number of nitrogens with zero attached hydrogens (tertiary/aromatic N) is 3. The highest BCUT2D eigenvalue weighted by atomic mass is 19.1. The van der Waals surface area contributed by atoms with E-state index in [0.717, 1.165) is 29.9 Å². The fourth-order valence-corrected chi connectivity index (χ4v) is 5.28. The van der Waals surface area contributed by atoms with Crippen LogP contribution in [0, 0.1) is 11.7 Å². The van der Waals surface area contributed by atoms with E-state index in [1.54, 1.807) is 12.3 Å². The van der Waals surface area contributed by atoms with Gasteiger partial charge < -0.3 is 15.8 Å². The SMILES string of the molecule is Nc1nccc(-c2cc(F)c3c(c2)N=C(C2COc4ccc(C(=O)NC5CCCC5)cc4C2)C3)n1. The van der Waals surface area contributed by atoms with Gasteiger partial charge in [-0.15, -0.1) is 0 Å². The summed E-state index contributed by atoms with van der Waals surface area (Å²) in [5.41, 5.74) is 10.6. The molecule has 178 valence electrons. The molecule has 0 radical (unpaired) electrons. The number of nitrogens with one attached hydrogen (secondary N) is 1. The highest BCUT2D eigenvalue weighted by molar-refractivity contribution is 5.97. The summed E-state index contributed by atoms with van der Waals surface area (Å²) in [5, 5.41) is 3.15. The molecule has 0 bridgehead atoms. The molecule has 3 aliphatic rings. The summed E-state index contributed by atoms with van der Waals surface area (Å²) in [5.74, 6) is 0.607. The smallest absolute Gasteiger partial charge is 0.251 e. The molecule has 1 amide bonds. The number of benzene rings is 2. The van der Waals surface area contributed by atoms with E-state index >= 15 is 4.39 Å². The molecule has 1 aliphatic carbocycles. The second-order valence-electron chi connectivity index (χ2n) is 9.53. The van der Waals surface area contributed by atoms with Gasteiger partial charge in [0.1, 0.15) is 11.6 Å². The number of nitrogens with two attached hydrogens (primary N) is 1. The van der Waals surface area contributed by atoms with Crippen molar-refractivity contribution in [1.82, 2.24) is 15.3 Å². The molecular weight excluding hydrogens is 445 g/mol. The number of carbonyl (C=O) groups excluding carboxylic acids is 1. The third-order valence-corrected chi connectivity index (χ3v) is 7.15. The van der Waals surface area contributed by atoms with Crippen LogP contribution in [0.15, 0.2) is 47.6 Å². The van der Waals surface area contributed by atoms with Gasteiger partial charge in [0.25, 0.3) is 5.91 Å². The first kappa shape index (κ1) is 21.7. The van der Waals surface area contributed by atoms with E-state index in [1.807, 2.05) is 24.3 Å². The Morgan fingerprint density at radius 1 is 1.14 bits per heavy atom. The lowest BCUT2D eigenvalue weighted by atomic mass is 9.89. The molecular formula is C27H26FN5O2. The average Bonchev–Trinajstić information content (AvgIpc) is 3.53. The normalized spacial score (nSPS) is 19.0. The first-order valence-corrected chi connectivity index (χ1v) is 12.1. The van der Waals surface area contributed by atoms with Gasteiger partial charge >= 0.3 is 0 Å². The quantitative estimate of drug-likeness (QED) is 0.587. The van der Waals surface area contributed by atoms with Gasteiger partial charge in [0, 0.05) is 47.0 Å². The van der Waals surface area contributed by atoms with Crippen LogP contribution in [0.4, 0.5) is 16.0 Å². The minimum absolute atomic E-state index is 0.0144. The Labute approximate surface area is 202 Å². The van der Waals surface area contributed by atoms with Crippen molar-refractivity contribution in [3.8, 4) is 17.0 Å². The maximum atomic E-state index is 15.0. The first-order valence-electron chi connectivity index (χ1n) is 12.1. The van der Waals surface area contributed by atoms with Gasteiger partial charge in [-0.05, 0) is 61.2 Å². The van der Waals surface area contributed by atoms with E-state index in [4.69, 9.17) is 15.5 Å². The molecule has 2 aliphatic heterocycles. The van der Waals surface area contributed by atoms with Gasteiger partial charge in [0.2, 0.25) is 5.95 Å². The number of amides is 1. The molecule has 3 heterocycles. The molecule has 1 atom stereocenters. The molecule has 2 aromatic carbocycles. The maximum absolute atomic E-state index is 15.0. The maximum Gasteiger partial charge on any atom is 0.251 e. The zero-order chi connectivity index (χ0) is 23.9. The standard InChI is InChI=1S/C27H26FN5O2/c28-21-11-16(22-7-8-30-27(29)33-22)12-24-20(21)13-23(32-24)18-10-17-9-15(5-6-25(17)35-14-18)26(34)31-19-3-1-2-4-19/h5-9,11-12,18-19H,1-4,10,13-14H2,(H,31,34)(H2,29,30,33). The van der Waals surface area contributed by atoms with Crippen molar-refractivity contribution in [2.75, 3.05) is 12.3 Å². The van der Waals surface area contributed by atoms with Gasteiger partial charge in [0.15, 0.2) is 0 Å². The molecule has 8 heteroatoms. The Bertz CT molecular complexity index is 1350. The lowest BCUT2D eigenvalue weighted by molar-refractivity contribution is 0.0937. The third kappa shape index (κ3) is 4.24. The van der Waals surface area contributed by atoms with E-state index in [9.17, 15) is 4.79 Å². The molecule has 1 saturated carbocycles. The van der Waals surface area contributed by atoms with Crippen molar-refractivity contribution in [3.63, 3.8) is 0 Å². The van der Waals surface area contributed by atoms with Crippen LogP contribution in [-0.2, 0) is 12.8 Å². The first-order chi connectivity index (χ1) is 17.0. The van der Waals surface area contributed by atoms with Crippen LogP contribution in [0.5, 0.6) is 5.75 Å². The van der Waals surface area contributed by atoms with Gasteiger partial charge in [-0.2, -0.15) is 0 Å². The second kappa shape index (κ2) is 8.76. The van der Waals surface area contributed by atoms with Crippen molar-refractivity contribution < 1.29 is 13.9 Å². The summed E-state index contributed by atoms with van der Waals surface area (Å²) >= 11 is 0. The number of anilines is 1. The van der Waals surface area contributed by atoms with E-state index in [2.05, 4.69) is 15.3 Å². The Morgan fingerprint density at radius 2 is 2.00 bits per heavy atom. The number of rotatable bonds is 4. The van der Waals surface area contributed by atoms with Gasteiger partial charge in [-0.3, -0.25) is 9.79 Å². The predicted molar refractivity (Wildman–Crippen MR) is 131 cm³/mol. The van der Waals surface area contributed by atoms with Crippen molar-refractivity contribution in [1.29, 1.82) is 0 Å². The molecule has 0 saturated heterocycles. The van der Waals surface area contributed by atoms with Crippen LogP contribution in [0.25, 0.3) is 11.3 Å². The molecule has 3 aromatic rings.